The molecule has 0 aliphatic carbocycles. The molecule has 0 aliphatic rings. The number of nitrogens with zero attached hydrogens (tertiary/aromatic N) is 4. The van der Waals surface area contributed by atoms with Crippen molar-refractivity contribution < 1.29 is 0 Å². The quantitative estimate of drug-likeness (QED) is 0.119. The summed E-state index contributed by atoms with van der Waals surface area (Å²) in [6.07, 6.45) is 0. The van der Waals surface area contributed by atoms with Crippen molar-refractivity contribution in [2.45, 2.75) is 0 Å². The molecule has 0 fully saturated rings. The van der Waals surface area contributed by atoms with Gasteiger partial charge in [-0.05, 0) is 93.5 Å². The van der Waals surface area contributed by atoms with Crippen molar-refractivity contribution in [2.75, 3.05) is 0 Å². The van der Waals surface area contributed by atoms with E-state index in [1.165, 1.54) is 64.6 Å². The number of fused-ring (bicyclic) bond motifs is 10. The molecule has 268 valence electrons. The van der Waals surface area contributed by atoms with Crippen LogP contribution in [0.5, 0.6) is 0 Å². The smallest absolute Gasteiger partial charge is 0.180 e. The fourth-order valence-electron chi connectivity index (χ4n) is 9.79. The van der Waals surface area contributed by atoms with Crippen LogP contribution < -0.4 is 20.7 Å². The average molecular weight is 745 g/mol. The van der Waals surface area contributed by atoms with E-state index >= 15 is 0 Å². The Labute approximate surface area is 330 Å². The van der Waals surface area contributed by atoms with E-state index in [9.17, 15) is 0 Å². The summed E-state index contributed by atoms with van der Waals surface area (Å²) in [6, 6.07) is 80.9. The highest BCUT2D eigenvalue weighted by Gasteiger charge is 2.43. The third-order valence-corrected chi connectivity index (χ3v) is 16.9. The molecule has 4 nitrogen and oxygen atoms in total. The van der Waals surface area contributed by atoms with Crippen LogP contribution in [0.2, 0.25) is 0 Å². The van der Waals surface area contributed by atoms with E-state index in [-0.39, 0.29) is 0 Å². The van der Waals surface area contributed by atoms with Gasteiger partial charge in [0.05, 0.1) is 33.1 Å². The van der Waals surface area contributed by atoms with Gasteiger partial charge in [-0.15, -0.1) is 0 Å². The Balaban J connectivity index is 1.21. The van der Waals surface area contributed by atoms with Gasteiger partial charge in [-0.3, -0.25) is 17.9 Å². The third-order valence-electron chi connectivity index (χ3n) is 12.1. The van der Waals surface area contributed by atoms with Crippen molar-refractivity contribution in [1.29, 1.82) is 0 Å². The van der Waals surface area contributed by atoms with E-state index in [1.807, 2.05) is 0 Å². The lowest BCUT2D eigenvalue weighted by atomic mass is 10.2. The molecular formula is C52H36N4Si. The van der Waals surface area contributed by atoms with Gasteiger partial charge in [0, 0.05) is 22.1 Å². The van der Waals surface area contributed by atoms with Crippen LogP contribution in [0.15, 0.2) is 218 Å². The fraction of sp³-hybridized carbons (Fsp3) is 0. The topological polar surface area (TPSA) is 18.7 Å². The van der Waals surface area contributed by atoms with Crippen LogP contribution in [0, 0.1) is 0 Å². The molecule has 0 aliphatic heterocycles. The molecule has 0 unspecified atom stereocenters. The van der Waals surface area contributed by atoms with E-state index in [2.05, 4.69) is 236 Å². The second kappa shape index (κ2) is 12.3. The maximum Gasteiger partial charge on any atom is 0.180 e. The maximum absolute atomic E-state index is 3.02. The van der Waals surface area contributed by atoms with Gasteiger partial charge in [-0.25, -0.2) is 0 Å². The molecule has 5 heteroatoms. The van der Waals surface area contributed by atoms with Gasteiger partial charge in [0.15, 0.2) is 8.07 Å². The van der Waals surface area contributed by atoms with E-state index < -0.39 is 8.07 Å². The van der Waals surface area contributed by atoms with Crippen LogP contribution in [-0.4, -0.2) is 26.0 Å². The lowest BCUT2D eigenvalue weighted by Gasteiger charge is -2.35. The molecule has 4 heterocycles. The van der Waals surface area contributed by atoms with Crippen molar-refractivity contribution in [3.05, 3.63) is 218 Å². The number of aromatic nitrogens is 4. The molecule has 4 aromatic heterocycles. The van der Waals surface area contributed by atoms with Gasteiger partial charge in [0.2, 0.25) is 0 Å². The molecule has 0 N–H and O–H groups in total. The molecule has 0 atom stereocenters. The summed E-state index contributed by atoms with van der Waals surface area (Å²) in [5.74, 6) is 0. The van der Waals surface area contributed by atoms with Crippen molar-refractivity contribution in [3.8, 4) is 11.4 Å². The molecule has 0 radical (unpaired) electrons. The summed E-state index contributed by atoms with van der Waals surface area (Å²) < 4.78 is 9.75. The van der Waals surface area contributed by atoms with Gasteiger partial charge in [0.25, 0.3) is 0 Å². The monoisotopic (exact) mass is 744 g/mol. The van der Waals surface area contributed by atoms with Gasteiger partial charge in [-0.1, -0.05) is 146 Å². The van der Waals surface area contributed by atoms with Crippen LogP contribution in [-0.2, 0) is 0 Å². The van der Waals surface area contributed by atoms with Gasteiger partial charge < -0.3 is 0 Å². The Morgan fingerprint density at radius 2 is 0.754 bits per heavy atom. The minimum Gasteiger partial charge on any atom is -0.294 e. The number of rotatable bonds is 6. The molecule has 0 spiro atoms. The number of para-hydroxylation sites is 6. The van der Waals surface area contributed by atoms with Crippen LogP contribution >= 0.6 is 0 Å². The molecule has 0 amide bonds. The van der Waals surface area contributed by atoms with E-state index in [1.54, 1.807) is 0 Å². The lowest BCUT2D eigenvalue weighted by Crippen LogP contribution is -2.74. The van der Waals surface area contributed by atoms with Crippen LogP contribution in [0.25, 0.3) is 66.5 Å². The number of benzene rings is 8. The van der Waals surface area contributed by atoms with Gasteiger partial charge in [0.1, 0.15) is 11.3 Å². The Hall–Kier alpha value is -7.34. The summed E-state index contributed by atoms with van der Waals surface area (Å²) in [4.78, 5) is 0. The molecule has 8 aromatic carbocycles. The van der Waals surface area contributed by atoms with Crippen LogP contribution in [0.3, 0.4) is 0 Å². The molecule has 12 rings (SSSR count). The van der Waals surface area contributed by atoms with Crippen molar-refractivity contribution in [2.24, 2.45) is 0 Å². The second-order valence-corrected chi connectivity index (χ2v) is 18.8. The van der Waals surface area contributed by atoms with Crippen molar-refractivity contribution >= 4 is 84.0 Å². The van der Waals surface area contributed by atoms with Crippen molar-refractivity contribution in [3.63, 3.8) is 0 Å². The molecule has 0 saturated carbocycles. The van der Waals surface area contributed by atoms with Crippen LogP contribution in [0.1, 0.15) is 0 Å². The SMILES string of the molecule is c1ccc(-n2c3ccccc3n3c4cccc([Si](c5ccccc5)(c5ccccc5)c5cccc(-n6c7ccccc7n7c8ccccc8cc67)c5)c4cc23)cc1. The average Bonchev–Trinajstić information content (AvgIpc) is 4.02. The zero-order chi connectivity index (χ0) is 37.5. The summed E-state index contributed by atoms with van der Waals surface area (Å²) in [6.45, 7) is 0. The van der Waals surface area contributed by atoms with E-state index in [0.29, 0.717) is 0 Å². The molecular weight excluding hydrogens is 709 g/mol. The zero-order valence-corrected chi connectivity index (χ0v) is 32.1. The van der Waals surface area contributed by atoms with Gasteiger partial charge >= 0.3 is 0 Å². The largest absolute Gasteiger partial charge is 0.294 e. The highest BCUT2D eigenvalue weighted by Crippen LogP contribution is 2.33. The molecule has 0 saturated heterocycles. The molecule has 57 heavy (non-hydrogen) atoms. The number of hydrogen-bond acceptors (Lipinski definition) is 0. The molecule has 0 bridgehead atoms. The van der Waals surface area contributed by atoms with Crippen molar-refractivity contribution in [1.82, 2.24) is 17.9 Å². The minimum atomic E-state index is -3.02. The normalized spacial score (nSPS) is 12.2. The highest BCUT2D eigenvalue weighted by molar-refractivity contribution is 7.20. The van der Waals surface area contributed by atoms with Gasteiger partial charge in [-0.2, -0.15) is 0 Å². The fourth-order valence-corrected chi connectivity index (χ4v) is 14.8. The first kappa shape index (κ1) is 32.0. The van der Waals surface area contributed by atoms with E-state index in [0.717, 1.165) is 22.7 Å². The Kier molecular flexibility index (Phi) is 6.91. The Morgan fingerprint density at radius 1 is 0.298 bits per heavy atom. The number of imidazole rings is 2. The third kappa shape index (κ3) is 4.49. The predicted octanol–water partition coefficient (Wildman–Crippen LogP) is 9.76. The minimum absolute atomic E-state index is 1.15. The number of hydrogen-bond donors (Lipinski definition) is 0. The summed E-state index contributed by atoms with van der Waals surface area (Å²) in [5, 5.41) is 7.92. The second-order valence-electron chi connectivity index (χ2n) is 15.0. The Morgan fingerprint density at radius 3 is 1.42 bits per heavy atom. The molecule has 12 aromatic rings. The first-order valence-corrected chi connectivity index (χ1v) is 21.6. The predicted molar refractivity (Wildman–Crippen MR) is 241 cm³/mol. The highest BCUT2D eigenvalue weighted by atomic mass is 28.3. The summed E-state index contributed by atoms with van der Waals surface area (Å²) in [7, 11) is -3.02. The first-order valence-electron chi connectivity index (χ1n) is 19.6. The zero-order valence-electron chi connectivity index (χ0n) is 31.1. The lowest BCUT2D eigenvalue weighted by molar-refractivity contribution is 1.15. The van der Waals surface area contributed by atoms with Crippen LogP contribution in [0.4, 0.5) is 0 Å². The maximum atomic E-state index is 2.49. The Bertz CT molecular complexity index is 3420. The standard InChI is InChI=1S/C52H36N4Si/c1-4-19-38(20-5-1)53-46-28-12-15-31-49(46)56-45-32-17-33-50(43(45)36-52(53)56)57(40-22-6-2-7-23-40,41-24-8-3-9-25-41)42-26-16-21-39(35-42)54-47-29-13-14-30-48(47)55-44-27-11-10-18-37(44)34-51(54)55/h1-36H. The van der Waals surface area contributed by atoms with E-state index in [4.69, 9.17) is 0 Å². The first-order chi connectivity index (χ1) is 28.3. The summed E-state index contributed by atoms with van der Waals surface area (Å²) in [5.41, 5.74) is 11.8. The summed E-state index contributed by atoms with van der Waals surface area (Å²) >= 11 is 0.